The summed E-state index contributed by atoms with van der Waals surface area (Å²) in [5.74, 6) is 0.118. The molecule has 0 radical (unpaired) electrons. The lowest BCUT2D eigenvalue weighted by molar-refractivity contribution is 0.0933. The third-order valence-electron chi connectivity index (χ3n) is 4.62. The van der Waals surface area contributed by atoms with Gasteiger partial charge in [-0.25, -0.2) is 9.67 Å². The first-order valence-corrected chi connectivity index (χ1v) is 9.53. The summed E-state index contributed by atoms with van der Waals surface area (Å²) in [7, 11) is 0. The average molecular weight is 380 g/mol. The molecule has 0 aliphatic carbocycles. The van der Waals surface area contributed by atoms with Gasteiger partial charge in [0.25, 0.3) is 5.91 Å². The Kier molecular flexibility index (Phi) is 5.36. The number of carbonyl (C=O) groups is 1. The number of carbonyl (C=O) groups excluding carboxylic acids is 1. The molecule has 0 unspecified atom stereocenters. The molecule has 3 rings (SSSR count). The molecule has 148 valence electrons. The summed E-state index contributed by atoms with van der Waals surface area (Å²) < 4.78 is 3.64. The van der Waals surface area contributed by atoms with Crippen LogP contribution in [0.25, 0.3) is 5.69 Å². The van der Waals surface area contributed by atoms with E-state index in [0.717, 1.165) is 16.9 Å². The molecule has 0 saturated carbocycles. The number of benzene rings is 1. The van der Waals surface area contributed by atoms with E-state index in [1.807, 2.05) is 41.9 Å². The molecular formula is C21H28N6O. The van der Waals surface area contributed by atoms with Crippen LogP contribution in [0.1, 0.15) is 75.2 Å². The lowest BCUT2D eigenvalue weighted by atomic mass is 10.1. The Hall–Kier alpha value is -2.96. The highest BCUT2D eigenvalue weighted by Crippen LogP contribution is 2.24. The highest BCUT2D eigenvalue weighted by Gasteiger charge is 2.24. The van der Waals surface area contributed by atoms with Crippen molar-refractivity contribution in [2.24, 2.45) is 0 Å². The van der Waals surface area contributed by atoms with Crippen molar-refractivity contribution in [1.29, 1.82) is 0 Å². The number of nitrogens with zero attached hydrogens (tertiary/aromatic N) is 5. The fraction of sp³-hybridized carbons (Fsp3) is 0.429. The molecule has 1 aromatic carbocycles. The summed E-state index contributed by atoms with van der Waals surface area (Å²) in [6.45, 7) is 12.5. The minimum absolute atomic E-state index is 0.139. The van der Waals surface area contributed by atoms with Crippen molar-refractivity contribution in [3.05, 3.63) is 59.9 Å². The molecule has 1 atom stereocenters. The van der Waals surface area contributed by atoms with E-state index >= 15 is 0 Å². The predicted octanol–water partition coefficient (Wildman–Crippen LogP) is 3.83. The smallest absolute Gasteiger partial charge is 0.272 e. The Bertz CT molecular complexity index is 932. The van der Waals surface area contributed by atoms with E-state index in [2.05, 4.69) is 55.1 Å². The average Bonchev–Trinajstić information content (AvgIpc) is 3.31. The first kappa shape index (κ1) is 19.8. The molecule has 2 heterocycles. The molecular weight excluding hydrogens is 352 g/mol. The van der Waals surface area contributed by atoms with Crippen LogP contribution >= 0.6 is 0 Å². The zero-order valence-electron chi connectivity index (χ0n) is 17.3. The Labute approximate surface area is 165 Å². The van der Waals surface area contributed by atoms with Crippen molar-refractivity contribution in [3.63, 3.8) is 0 Å². The fourth-order valence-corrected chi connectivity index (χ4v) is 3.07. The summed E-state index contributed by atoms with van der Waals surface area (Å²) in [4.78, 5) is 16.7. The lowest BCUT2D eigenvalue weighted by Gasteiger charge is -2.23. The summed E-state index contributed by atoms with van der Waals surface area (Å²) in [6.07, 6.45) is 3.15. The van der Waals surface area contributed by atoms with Crippen LogP contribution in [-0.4, -0.2) is 30.5 Å². The molecule has 0 fully saturated rings. The zero-order valence-corrected chi connectivity index (χ0v) is 17.3. The molecule has 7 nitrogen and oxygen atoms in total. The second kappa shape index (κ2) is 7.58. The van der Waals surface area contributed by atoms with Gasteiger partial charge in [-0.2, -0.15) is 10.2 Å². The van der Waals surface area contributed by atoms with Gasteiger partial charge >= 0.3 is 0 Å². The molecule has 7 heteroatoms. The maximum atomic E-state index is 12.8. The van der Waals surface area contributed by atoms with Crippen LogP contribution in [0.3, 0.4) is 0 Å². The van der Waals surface area contributed by atoms with Crippen molar-refractivity contribution >= 4 is 5.91 Å². The van der Waals surface area contributed by atoms with Crippen LogP contribution in [0, 0.1) is 0 Å². The van der Waals surface area contributed by atoms with E-state index in [1.54, 1.807) is 11.0 Å². The fourth-order valence-electron chi connectivity index (χ4n) is 3.07. The van der Waals surface area contributed by atoms with Gasteiger partial charge in [-0.05, 0) is 57.4 Å². The van der Waals surface area contributed by atoms with Gasteiger partial charge in [0.2, 0.25) is 0 Å². The summed E-state index contributed by atoms with van der Waals surface area (Å²) in [5, 5.41) is 11.8. The SMILES string of the molecule is CC(C)c1cc(C(=O)N[C@@H](C)c2ccc(-n3cncn3)cc2)nn1C(C)(C)C. The number of nitrogens with one attached hydrogen (secondary N) is 1. The molecule has 0 saturated heterocycles. The van der Waals surface area contributed by atoms with Crippen molar-refractivity contribution in [2.75, 3.05) is 0 Å². The Morgan fingerprint density at radius 3 is 2.29 bits per heavy atom. The maximum Gasteiger partial charge on any atom is 0.272 e. The molecule has 2 aromatic heterocycles. The van der Waals surface area contributed by atoms with Gasteiger partial charge in [0.1, 0.15) is 18.3 Å². The standard InChI is InChI=1S/C21H28N6O/c1-14(2)19-11-18(25-27(19)21(4,5)6)20(28)24-15(3)16-7-9-17(10-8-16)26-13-22-12-23-26/h7-15H,1-6H3,(H,24,28)/t15-/m0/s1. The van der Waals surface area contributed by atoms with Gasteiger partial charge in [0.05, 0.1) is 17.3 Å². The van der Waals surface area contributed by atoms with Gasteiger partial charge in [-0.3, -0.25) is 9.48 Å². The molecule has 0 aliphatic rings. The summed E-state index contributed by atoms with van der Waals surface area (Å²) >= 11 is 0. The third kappa shape index (κ3) is 4.13. The van der Waals surface area contributed by atoms with Crippen LogP contribution in [-0.2, 0) is 5.54 Å². The number of hydrogen-bond donors (Lipinski definition) is 1. The van der Waals surface area contributed by atoms with Crippen LogP contribution < -0.4 is 5.32 Å². The third-order valence-corrected chi connectivity index (χ3v) is 4.62. The lowest BCUT2D eigenvalue weighted by Crippen LogP contribution is -2.29. The molecule has 3 aromatic rings. The second-order valence-electron chi connectivity index (χ2n) is 8.32. The monoisotopic (exact) mass is 380 g/mol. The maximum absolute atomic E-state index is 12.8. The Morgan fingerprint density at radius 2 is 1.79 bits per heavy atom. The van der Waals surface area contributed by atoms with Crippen molar-refractivity contribution in [1.82, 2.24) is 29.9 Å². The molecule has 0 aliphatic heterocycles. The van der Waals surface area contributed by atoms with Gasteiger partial charge in [-0.15, -0.1) is 0 Å². The minimum Gasteiger partial charge on any atom is -0.344 e. The van der Waals surface area contributed by atoms with Crippen molar-refractivity contribution < 1.29 is 4.79 Å². The minimum atomic E-state index is -0.180. The molecule has 28 heavy (non-hydrogen) atoms. The highest BCUT2D eigenvalue weighted by atomic mass is 16.2. The molecule has 0 bridgehead atoms. The van der Waals surface area contributed by atoms with E-state index in [-0.39, 0.29) is 23.4 Å². The van der Waals surface area contributed by atoms with E-state index < -0.39 is 0 Å². The second-order valence-corrected chi connectivity index (χ2v) is 8.32. The van der Waals surface area contributed by atoms with E-state index in [1.165, 1.54) is 6.33 Å². The van der Waals surface area contributed by atoms with E-state index in [9.17, 15) is 4.79 Å². The quantitative estimate of drug-likeness (QED) is 0.730. The Morgan fingerprint density at radius 1 is 1.11 bits per heavy atom. The van der Waals surface area contributed by atoms with Crippen molar-refractivity contribution in [3.8, 4) is 5.69 Å². The largest absolute Gasteiger partial charge is 0.344 e. The normalized spacial score (nSPS) is 13.0. The molecule has 0 spiro atoms. The highest BCUT2D eigenvalue weighted by molar-refractivity contribution is 5.92. The first-order chi connectivity index (χ1) is 13.2. The molecule has 1 amide bonds. The van der Waals surface area contributed by atoms with E-state index in [0.29, 0.717) is 5.69 Å². The van der Waals surface area contributed by atoms with Gasteiger partial charge < -0.3 is 5.32 Å². The number of rotatable bonds is 5. The predicted molar refractivity (Wildman–Crippen MR) is 109 cm³/mol. The van der Waals surface area contributed by atoms with E-state index in [4.69, 9.17) is 0 Å². The molecule has 1 N–H and O–H groups in total. The van der Waals surface area contributed by atoms with Crippen LogP contribution in [0.2, 0.25) is 0 Å². The van der Waals surface area contributed by atoms with Crippen molar-refractivity contribution in [2.45, 2.75) is 59.0 Å². The number of hydrogen-bond acceptors (Lipinski definition) is 4. The van der Waals surface area contributed by atoms with Crippen LogP contribution in [0.15, 0.2) is 43.0 Å². The summed E-state index contributed by atoms with van der Waals surface area (Å²) in [6, 6.07) is 9.63. The van der Waals surface area contributed by atoms with Gasteiger partial charge in [0, 0.05) is 5.69 Å². The number of amides is 1. The van der Waals surface area contributed by atoms with Gasteiger partial charge in [-0.1, -0.05) is 26.0 Å². The van der Waals surface area contributed by atoms with Gasteiger partial charge in [0.15, 0.2) is 0 Å². The Balaban J connectivity index is 1.75. The van der Waals surface area contributed by atoms with Crippen LogP contribution in [0.5, 0.6) is 0 Å². The topological polar surface area (TPSA) is 77.6 Å². The first-order valence-electron chi connectivity index (χ1n) is 9.53. The van der Waals surface area contributed by atoms with Crippen LogP contribution in [0.4, 0.5) is 0 Å². The zero-order chi connectivity index (χ0) is 20.5. The summed E-state index contributed by atoms with van der Waals surface area (Å²) in [5.41, 5.74) is 3.26. The number of aromatic nitrogens is 5.